The summed E-state index contributed by atoms with van der Waals surface area (Å²) in [5, 5.41) is 0. The normalized spacial score (nSPS) is 14.8. The fourth-order valence-corrected chi connectivity index (χ4v) is 1.23. The number of amides is 1. The van der Waals surface area contributed by atoms with Crippen LogP contribution >= 0.6 is 0 Å². The van der Waals surface area contributed by atoms with Crippen molar-refractivity contribution in [1.29, 1.82) is 0 Å². The molecule has 0 aromatic carbocycles. The number of aromatic nitrogens is 1. The van der Waals surface area contributed by atoms with E-state index in [0.717, 1.165) is 25.2 Å². The molecule has 1 aliphatic heterocycles. The van der Waals surface area contributed by atoms with E-state index in [9.17, 15) is 4.79 Å². The van der Waals surface area contributed by atoms with E-state index < -0.39 is 0 Å². The Morgan fingerprint density at radius 3 is 2.86 bits per heavy atom. The van der Waals surface area contributed by atoms with Crippen molar-refractivity contribution < 1.29 is 9.53 Å². The predicted octanol–water partition coefficient (Wildman–Crippen LogP) is 1.59. The van der Waals surface area contributed by atoms with Crippen LogP contribution in [-0.2, 0) is 0 Å². The maximum Gasteiger partial charge on any atom is 0.416 e. The highest BCUT2D eigenvalue weighted by molar-refractivity contribution is 5.70. The summed E-state index contributed by atoms with van der Waals surface area (Å²) in [7, 11) is 0. The third-order valence-corrected chi connectivity index (χ3v) is 2.17. The molecule has 74 valence electrons. The molecule has 1 saturated heterocycles. The summed E-state index contributed by atoms with van der Waals surface area (Å²) >= 11 is 0. The van der Waals surface area contributed by atoms with E-state index in [1.54, 1.807) is 11.0 Å². The molecule has 2 heterocycles. The lowest BCUT2D eigenvalue weighted by molar-refractivity contribution is 0.123. The first-order valence-corrected chi connectivity index (χ1v) is 4.66. The average molecular weight is 192 g/mol. The molecule has 0 radical (unpaired) electrons. The first kappa shape index (κ1) is 8.99. The van der Waals surface area contributed by atoms with Gasteiger partial charge in [0.15, 0.2) is 0 Å². The zero-order valence-corrected chi connectivity index (χ0v) is 8.06. The minimum Gasteiger partial charge on any atom is -0.391 e. The molecule has 0 saturated carbocycles. The molecule has 1 aromatic rings. The van der Waals surface area contributed by atoms with E-state index in [2.05, 4.69) is 4.98 Å². The van der Waals surface area contributed by atoms with Gasteiger partial charge < -0.3 is 9.64 Å². The van der Waals surface area contributed by atoms with Crippen LogP contribution in [0.4, 0.5) is 4.79 Å². The number of ether oxygens (including phenoxy) is 1. The van der Waals surface area contributed by atoms with Gasteiger partial charge >= 0.3 is 6.09 Å². The Balaban J connectivity index is 1.99. The first-order valence-electron chi connectivity index (χ1n) is 4.66. The Kier molecular flexibility index (Phi) is 2.35. The Morgan fingerprint density at radius 2 is 2.29 bits per heavy atom. The van der Waals surface area contributed by atoms with Crippen LogP contribution in [0.15, 0.2) is 18.2 Å². The van der Waals surface area contributed by atoms with Crippen molar-refractivity contribution >= 4 is 6.09 Å². The van der Waals surface area contributed by atoms with Crippen molar-refractivity contribution in [2.75, 3.05) is 13.1 Å². The Morgan fingerprint density at radius 1 is 1.50 bits per heavy atom. The van der Waals surface area contributed by atoms with Gasteiger partial charge in [-0.2, -0.15) is 0 Å². The van der Waals surface area contributed by atoms with Crippen molar-refractivity contribution in [3.63, 3.8) is 0 Å². The number of hydrogen-bond donors (Lipinski definition) is 0. The van der Waals surface area contributed by atoms with Crippen molar-refractivity contribution in [2.45, 2.75) is 13.3 Å². The molecule has 0 bridgehead atoms. The second-order valence-corrected chi connectivity index (χ2v) is 3.33. The second-order valence-electron chi connectivity index (χ2n) is 3.33. The largest absolute Gasteiger partial charge is 0.416 e. The third kappa shape index (κ3) is 1.84. The van der Waals surface area contributed by atoms with E-state index in [-0.39, 0.29) is 6.09 Å². The molecule has 1 aromatic heterocycles. The zero-order valence-electron chi connectivity index (χ0n) is 8.06. The van der Waals surface area contributed by atoms with E-state index in [4.69, 9.17) is 4.74 Å². The number of aryl methyl sites for hydroxylation is 1. The van der Waals surface area contributed by atoms with Crippen LogP contribution in [0.3, 0.4) is 0 Å². The number of likely N-dealkylation sites (tertiary alicyclic amines) is 1. The van der Waals surface area contributed by atoms with Crippen LogP contribution < -0.4 is 4.74 Å². The van der Waals surface area contributed by atoms with Crippen LogP contribution in [0.1, 0.15) is 12.1 Å². The van der Waals surface area contributed by atoms with Crippen LogP contribution in [0.25, 0.3) is 0 Å². The molecule has 14 heavy (non-hydrogen) atoms. The smallest absolute Gasteiger partial charge is 0.391 e. The quantitative estimate of drug-likeness (QED) is 0.678. The number of carbonyl (C=O) groups excluding carboxylic acids is 1. The molecular weight excluding hydrogens is 180 g/mol. The number of hydrogen-bond acceptors (Lipinski definition) is 3. The lowest BCUT2D eigenvalue weighted by Crippen LogP contribution is -2.43. The van der Waals surface area contributed by atoms with Crippen molar-refractivity contribution in [1.82, 2.24) is 9.88 Å². The molecule has 0 atom stereocenters. The van der Waals surface area contributed by atoms with Gasteiger partial charge in [-0.25, -0.2) is 9.78 Å². The summed E-state index contributed by atoms with van der Waals surface area (Å²) in [5.74, 6) is 0.377. The van der Waals surface area contributed by atoms with E-state index in [1.807, 2.05) is 19.1 Å². The highest BCUT2D eigenvalue weighted by Gasteiger charge is 2.22. The minimum atomic E-state index is -0.297. The van der Waals surface area contributed by atoms with E-state index in [1.165, 1.54) is 0 Å². The van der Waals surface area contributed by atoms with Crippen LogP contribution in [0.5, 0.6) is 5.88 Å². The standard InChI is InChI=1S/C10H12N2O2/c1-8-4-2-5-9(11-8)14-10(13)12-6-3-7-12/h2,4-5H,3,6-7H2,1H3. The summed E-state index contributed by atoms with van der Waals surface area (Å²) in [4.78, 5) is 17.1. The van der Waals surface area contributed by atoms with Crippen molar-refractivity contribution in [3.8, 4) is 5.88 Å². The third-order valence-electron chi connectivity index (χ3n) is 2.17. The molecule has 0 aliphatic carbocycles. The Labute approximate surface area is 82.5 Å². The Bertz CT molecular complexity index is 348. The monoisotopic (exact) mass is 192 g/mol. The summed E-state index contributed by atoms with van der Waals surface area (Å²) in [6, 6.07) is 5.37. The molecule has 0 N–H and O–H groups in total. The summed E-state index contributed by atoms with van der Waals surface area (Å²) in [6.45, 7) is 3.45. The number of pyridine rings is 1. The maximum absolute atomic E-state index is 11.4. The number of nitrogens with zero attached hydrogens (tertiary/aromatic N) is 2. The molecule has 2 rings (SSSR count). The molecule has 1 fully saturated rings. The highest BCUT2D eigenvalue weighted by atomic mass is 16.6. The van der Waals surface area contributed by atoms with Crippen LogP contribution in [0, 0.1) is 6.92 Å². The van der Waals surface area contributed by atoms with E-state index in [0.29, 0.717) is 5.88 Å². The van der Waals surface area contributed by atoms with Gasteiger partial charge in [0.25, 0.3) is 0 Å². The SMILES string of the molecule is Cc1cccc(OC(=O)N2CCC2)n1. The van der Waals surface area contributed by atoms with Crippen LogP contribution in [-0.4, -0.2) is 29.1 Å². The van der Waals surface area contributed by atoms with Gasteiger partial charge in [0.05, 0.1) is 0 Å². The fourth-order valence-electron chi connectivity index (χ4n) is 1.23. The van der Waals surface area contributed by atoms with Crippen molar-refractivity contribution in [3.05, 3.63) is 23.9 Å². The highest BCUT2D eigenvalue weighted by Crippen LogP contribution is 2.12. The summed E-state index contributed by atoms with van der Waals surface area (Å²) in [6.07, 6.45) is 0.769. The van der Waals surface area contributed by atoms with Gasteiger partial charge in [0, 0.05) is 24.8 Å². The molecular formula is C10H12N2O2. The van der Waals surface area contributed by atoms with Gasteiger partial charge in [-0.15, -0.1) is 0 Å². The Hall–Kier alpha value is -1.58. The van der Waals surface area contributed by atoms with Gasteiger partial charge in [-0.1, -0.05) is 6.07 Å². The molecule has 1 aliphatic rings. The topological polar surface area (TPSA) is 42.4 Å². The molecule has 0 unspecified atom stereocenters. The molecule has 0 spiro atoms. The molecule has 4 nitrogen and oxygen atoms in total. The fraction of sp³-hybridized carbons (Fsp3) is 0.400. The zero-order chi connectivity index (χ0) is 9.97. The summed E-state index contributed by atoms with van der Waals surface area (Å²) < 4.78 is 5.08. The first-order chi connectivity index (χ1) is 6.75. The average Bonchev–Trinajstić information content (AvgIpc) is 1.99. The van der Waals surface area contributed by atoms with Gasteiger partial charge in [-0.3, -0.25) is 0 Å². The van der Waals surface area contributed by atoms with E-state index >= 15 is 0 Å². The molecule has 4 heteroatoms. The van der Waals surface area contributed by atoms with Gasteiger partial charge in [0.2, 0.25) is 5.88 Å². The lowest BCUT2D eigenvalue weighted by Gasteiger charge is -2.29. The van der Waals surface area contributed by atoms with Crippen LogP contribution in [0.2, 0.25) is 0 Å². The molecule has 1 amide bonds. The minimum absolute atomic E-state index is 0.297. The predicted molar refractivity (Wildman–Crippen MR) is 51.2 cm³/mol. The van der Waals surface area contributed by atoms with Gasteiger partial charge in [0.1, 0.15) is 0 Å². The number of rotatable bonds is 1. The number of carbonyl (C=O) groups is 1. The van der Waals surface area contributed by atoms with Gasteiger partial charge in [-0.05, 0) is 19.4 Å². The van der Waals surface area contributed by atoms with Crippen molar-refractivity contribution in [2.24, 2.45) is 0 Å². The second kappa shape index (κ2) is 3.65. The lowest BCUT2D eigenvalue weighted by atomic mass is 10.2. The summed E-state index contributed by atoms with van der Waals surface area (Å²) in [5.41, 5.74) is 0.846. The maximum atomic E-state index is 11.4.